The number of hydrogen-bond donors (Lipinski definition) is 1. The first-order valence-electron chi connectivity index (χ1n) is 5.98. The lowest BCUT2D eigenvalue weighted by Crippen LogP contribution is -2.10. The Bertz CT molecular complexity index is 409. The second-order valence-electron chi connectivity index (χ2n) is 4.12. The molecule has 0 saturated heterocycles. The zero-order chi connectivity index (χ0) is 13.7. The van der Waals surface area contributed by atoms with Crippen molar-refractivity contribution in [2.45, 2.75) is 33.1 Å². The highest BCUT2D eigenvalue weighted by Crippen LogP contribution is 2.38. The maximum absolute atomic E-state index is 12.1. The van der Waals surface area contributed by atoms with Crippen LogP contribution in [0.5, 0.6) is 0 Å². The zero-order valence-corrected chi connectivity index (χ0v) is 12.1. The smallest absolute Gasteiger partial charge is 0.311 e. The summed E-state index contributed by atoms with van der Waals surface area (Å²) >= 11 is 3.30. The van der Waals surface area contributed by atoms with Crippen molar-refractivity contribution < 1.29 is 19.4 Å². The first kappa shape index (κ1) is 15.1. The first-order valence-corrected chi connectivity index (χ1v) is 6.78. The monoisotopic (exact) mass is 316 g/mol. The minimum Gasteiger partial charge on any atom is -0.421 e. The summed E-state index contributed by atoms with van der Waals surface area (Å²) < 4.78 is 5.70. The van der Waals surface area contributed by atoms with E-state index < -0.39 is 5.97 Å². The van der Waals surface area contributed by atoms with Crippen molar-refractivity contribution in [3.8, 4) is 0 Å². The van der Waals surface area contributed by atoms with Gasteiger partial charge >= 0.3 is 5.97 Å². The number of ether oxygens (including phenoxy) is 1. The van der Waals surface area contributed by atoms with Gasteiger partial charge in [0.1, 0.15) is 0 Å². The molecule has 1 atom stereocenters. The topological polar surface area (TPSA) is 63.6 Å². The van der Waals surface area contributed by atoms with Gasteiger partial charge in [0.2, 0.25) is 5.78 Å². The molecule has 5 heteroatoms. The summed E-state index contributed by atoms with van der Waals surface area (Å²) in [6, 6.07) is 0. The van der Waals surface area contributed by atoms with E-state index in [0.717, 1.165) is 0 Å². The number of hydrogen-bond acceptors (Lipinski definition) is 4. The van der Waals surface area contributed by atoms with Gasteiger partial charge in [-0.05, 0) is 12.8 Å². The SMILES string of the molecule is CCCC(=O)OC1=C(Br)C(C)/C(=C\CCO)C1=O. The van der Waals surface area contributed by atoms with Crippen LogP contribution >= 0.6 is 15.9 Å². The Morgan fingerprint density at radius 1 is 1.56 bits per heavy atom. The molecule has 100 valence electrons. The van der Waals surface area contributed by atoms with Crippen LogP contribution < -0.4 is 0 Å². The third-order valence-corrected chi connectivity index (χ3v) is 3.74. The molecule has 0 aromatic carbocycles. The van der Waals surface area contributed by atoms with Gasteiger partial charge in [0.25, 0.3) is 0 Å². The second-order valence-corrected chi connectivity index (χ2v) is 4.98. The maximum atomic E-state index is 12.1. The fourth-order valence-electron chi connectivity index (χ4n) is 1.72. The predicted molar refractivity (Wildman–Crippen MR) is 70.9 cm³/mol. The highest BCUT2D eigenvalue weighted by atomic mass is 79.9. The normalized spacial score (nSPS) is 21.9. The Morgan fingerprint density at radius 3 is 2.78 bits per heavy atom. The van der Waals surface area contributed by atoms with Gasteiger partial charge in [-0.15, -0.1) is 0 Å². The van der Waals surface area contributed by atoms with Gasteiger partial charge < -0.3 is 9.84 Å². The quantitative estimate of drug-likeness (QED) is 0.625. The van der Waals surface area contributed by atoms with Crippen molar-refractivity contribution in [1.82, 2.24) is 0 Å². The molecule has 1 aliphatic rings. The number of ketones is 1. The summed E-state index contributed by atoms with van der Waals surface area (Å²) in [4.78, 5) is 23.5. The Balaban J connectivity index is 2.86. The number of aliphatic hydroxyl groups excluding tert-OH is 1. The summed E-state index contributed by atoms with van der Waals surface area (Å²) in [6.07, 6.45) is 3.08. The van der Waals surface area contributed by atoms with Gasteiger partial charge in [-0.3, -0.25) is 9.59 Å². The van der Waals surface area contributed by atoms with Crippen LogP contribution in [-0.2, 0) is 14.3 Å². The number of rotatable bonds is 5. The Morgan fingerprint density at radius 2 is 2.22 bits per heavy atom. The van der Waals surface area contributed by atoms with Crippen molar-refractivity contribution >= 4 is 27.7 Å². The van der Waals surface area contributed by atoms with E-state index in [-0.39, 0.29) is 24.1 Å². The van der Waals surface area contributed by atoms with Crippen molar-refractivity contribution in [2.24, 2.45) is 5.92 Å². The standard InChI is InChI=1S/C13H17BrO4/c1-3-5-10(16)18-13-11(14)8(2)9(12(13)17)6-4-7-15/h6,8,15H,3-5,7H2,1-2H3/b9-6+. The molecule has 0 aromatic rings. The van der Waals surface area contributed by atoms with Crippen molar-refractivity contribution in [3.63, 3.8) is 0 Å². The van der Waals surface area contributed by atoms with Crippen molar-refractivity contribution in [2.75, 3.05) is 6.61 Å². The van der Waals surface area contributed by atoms with Crippen LogP contribution in [0.3, 0.4) is 0 Å². The largest absolute Gasteiger partial charge is 0.421 e. The fourth-order valence-corrected chi connectivity index (χ4v) is 2.23. The molecule has 1 unspecified atom stereocenters. The van der Waals surface area contributed by atoms with E-state index in [1.54, 1.807) is 6.08 Å². The fraction of sp³-hybridized carbons (Fsp3) is 0.538. The van der Waals surface area contributed by atoms with E-state index in [4.69, 9.17) is 9.84 Å². The summed E-state index contributed by atoms with van der Waals surface area (Å²) in [5.41, 5.74) is 0.565. The Kier molecular flexibility index (Phi) is 5.75. The molecule has 0 aromatic heterocycles. The second kappa shape index (κ2) is 6.85. The van der Waals surface area contributed by atoms with Crippen molar-refractivity contribution in [3.05, 3.63) is 21.9 Å². The van der Waals surface area contributed by atoms with Gasteiger partial charge in [-0.2, -0.15) is 0 Å². The van der Waals surface area contributed by atoms with Crippen LogP contribution in [0.4, 0.5) is 0 Å². The number of halogens is 1. The highest BCUT2D eigenvalue weighted by Gasteiger charge is 2.35. The zero-order valence-electron chi connectivity index (χ0n) is 10.5. The van der Waals surface area contributed by atoms with Crippen LogP contribution in [0.15, 0.2) is 21.9 Å². The summed E-state index contributed by atoms with van der Waals surface area (Å²) in [5.74, 6) is -0.709. The Hall–Kier alpha value is -0.940. The number of aliphatic hydroxyl groups is 1. The van der Waals surface area contributed by atoms with Gasteiger partial charge in [-0.25, -0.2) is 0 Å². The lowest BCUT2D eigenvalue weighted by molar-refractivity contribution is -0.141. The molecule has 0 bridgehead atoms. The minimum absolute atomic E-state index is 0.00786. The molecule has 0 spiro atoms. The number of carbonyl (C=O) groups is 2. The predicted octanol–water partition coefficient (Wildman–Crippen LogP) is 2.46. The summed E-state index contributed by atoms with van der Waals surface area (Å²) in [6.45, 7) is 3.72. The molecular weight excluding hydrogens is 300 g/mol. The van der Waals surface area contributed by atoms with Gasteiger partial charge in [0.05, 0.1) is 0 Å². The molecule has 1 aliphatic carbocycles. The molecule has 1 rings (SSSR count). The van der Waals surface area contributed by atoms with Crippen LogP contribution in [-0.4, -0.2) is 23.5 Å². The van der Waals surface area contributed by atoms with E-state index in [1.165, 1.54) is 0 Å². The summed E-state index contributed by atoms with van der Waals surface area (Å²) in [5, 5.41) is 8.78. The molecule has 18 heavy (non-hydrogen) atoms. The third-order valence-electron chi connectivity index (χ3n) is 2.70. The first-order chi connectivity index (χ1) is 8.52. The van der Waals surface area contributed by atoms with Gasteiger partial charge in [0.15, 0.2) is 5.76 Å². The van der Waals surface area contributed by atoms with E-state index in [9.17, 15) is 9.59 Å². The molecule has 0 heterocycles. The van der Waals surface area contributed by atoms with Gasteiger partial charge in [-0.1, -0.05) is 35.9 Å². The van der Waals surface area contributed by atoms with E-state index >= 15 is 0 Å². The van der Waals surface area contributed by atoms with E-state index in [1.807, 2.05) is 13.8 Å². The van der Waals surface area contributed by atoms with Gasteiger partial charge in [0, 0.05) is 29.0 Å². The van der Waals surface area contributed by atoms with Crippen LogP contribution in [0.25, 0.3) is 0 Å². The van der Waals surface area contributed by atoms with Crippen LogP contribution in [0, 0.1) is 5.92 Å². The highest BCUT2D eigenvalue weighted by molar-refractivity contribution is 9.11. The molecule has 0 saturated carbocycles. The average Bonchev–Trinajstić information content (AvgIpc) is 2.52. The third kappa shape index (κ3) is 3.29. The number of allylic oxidation sites excluding steroid dienone is 2. The molecular formula is C13H17BrO4. The van der Waals surface area contributed by atoms with Crippen LogP contribution in [0.1, 0.15) is 33.1 Å². The molecule has 4 nitrogen and oxygen atoms in total. The van der Waals surface area contributed by atoms with Crippen LogP contribution in [0.2, 0.25) is 0 Å². The minimum atomic E-state index is -0.395. The number of Topliss-reactive ketones (excluding diaryl/α,β-unsaturated/α-hetero) is 1. The van der Waals surface area contributed by atoms with E-state index in [2.05, 4.69) is 15.9 Å². The molecule has 0 fully saturated rings. The lowest BCUT2D eigenvalue weighted by Gasteiger charge is -2.03. The number of esters is 1. The Labute approximate surface area is 115 Å². The summed E-state index contributed by atoms with van der Waals surface area (Å²) in [7, 11) is 0. The van der Waals surface area contributed by atoms with Crippen molar-refractivity contribution in [1.29, 1.82) is 0 Å². The average molecular weight is 317 g/mol. The molecule has 0 aliphatic heterocycles. The number of carbonyl (C=O) groups excluding carboxylic acids is 2. The molecule has 1 N–H and O–H groups in total. The molecule has 0 amide bonds. The lowest BCUT2D eigenvalue weighted by atomic mass is 10.0. The maximum Gasteiger partial charge on any atom is 0.311 e. The van der Waals surface area contributed by atoms with E-state index in [0.29, 0.717) is 29.3 Å². The molecule has 0 radical (unpaired) electrons.